The summed E-state index contributed by atoms with van der Waals surface area (Å²) in [5.74, 6) is -0.561. The summed E-state index contributed by atoms with van der Waals surface area (Å²) in [5.41, 5.74) is 5.27. The minimum absolute atomic E-state index is 0.0398. The second kappa shape index (κ2) is 5.97. The van der Waals surface area contributed by atoms with E-state index < -0.39 is 24.0 Å². The van der Waals surface area contributed by atoms with Gasteiger partial charge in [-0.25, -0.2) is 0 Å². The SMILES string of the molecule is COC(=O)C(C)(C)[C@@H](N)c1ccccc1OC(F)F. The van der Waals surface area contributed by atoms with Gasteiger partial charge < -0.3 is 15.2 Å². The van der Waals surface area contributed by atoms with Crippen molar-refractivity contribution in [2.24, 2.45) is 11.1 Å². The van der Waals surface area contributed by atoms with Crippen LogP contribution in [0.15, 0.2) is 24.3 Å². The van der Waals surface area contributed by atoms with Gasteiger partial charge in [0.15, 0.2) is 0 Å². The highest BCUT2D eigenvalue weighted by Gasteiger charge is 2.38. The first-order valence-electron chi connectivity index (χ1n) is 5.68. The van der Waals surface area contributed by atoms with E-state index in [1.54, 1.807) is 32.0 Å². The fourth-order valence-electron chi connectivity index (χ4n) is 1.72. The summed E-state index contributed by atoms with van der Waals surface area (Å²) in [6.07, 6.45) is 0. The lowest BCUT2D eigenvalue weighted by molar-refractivity contribution is -0.152. The number of rotatable bonds is 5. The first-order chi connectivity index (χ1) is 8.80. The van der Waals surface area contributed by atoms with Crippen LogP contribution in [-0.2, 0) is 9.53 Å². The summed E-state index contributed by atoms with van der Waals surface area (Å²) in [6, 6.07) is 5.30. The number of nitrogens with two attached hydrogens (primary N) is 1. The Labute approximate surface area is 110 Å². The van der Waals surface area contributed by atoms with E-state index in [0.717, 1.165) is 0 Å². The molecule has 0 aromatic heterocycles. The van der Waals surface area contributed by atoms with Crippen LogP contribution in [0.1, 0.15) is 25.5 Å². The third-order valence-electron chi connectivity index (χ3n) is 2.96. The predicted octanol–water partition coefficient (Wildman–Crippen LogP) is 2.49. The number of ether oxygens (including phenoxy) is 2. The molecule has 0 radical (unpaired) electrons. The maximum atomic E-state index is 12.3. The number of esters is 1. The van der Waals surface area contributed by atoms with Gasteiger partial charge in [0.1, 0.15) is 5.75 Å². The molecule has 0 heterocycles. The van der Waals surface area contributed by atoms with Gasteiger partial charge in [-0.3, -0.25) is 4.79 Å². The van der Waals surface area contributed by atoms with E-state index in [1.165, 1.54) is 13.2 Å². The second-order valence-corrected chi connectivity index (χ2v) is 4.61. The van der Waals surface area contributed by atoms with Crippen molar-refractivity contribution in [1.29, 1.82) is 0 Å². The molecule has 1 atom stereocenters. The standard InChI is InChI=1S/C13H17F2NO3/c1-13(2,11(17)18-3)10(16)8-6-4-5-7-9(8)19-12(14)15/h4-7,10,12H,16H2,1-3H3/t10-/m0/s1. The molecule has 106 valence electrons. The van der Waals surface area contributed by atoms with Crippen molar-refractivity contribution in [1.82, 2.24) is 0 Å². The van der Waals surface area contributed by atoms with Crippen molar-refractivity contribution in [2.75, 3.05) is 7.11 Å². The van der Waals surface area contributed by atoms with Crippen molar-refractivity contribution < 1.29 is 23.0 Å². The van der Waals surface area contributed by atoms with Gasteiger partial charge >= 0.3 is 12.6 Å². The van der Waals surface area contributed by atoms with Crippen LogP contribution in [0.4, 0.5) is 8.78 Å². The summed E-state index contributed by atoms with van der Waals surface area (Å²) in [5, 5.41) is 0. The van der Waals surface area contributed by atoms with Crippen LogP contribution in [0.25, 0.3) is 0 Å². The third-order valence-corrected chi connectivity index (χ3v) is 2.96. The Kier molecular flexibility index (Phi) is 4.83. The van der Waals surface area contributed by atoms with Crippen LogP contribution >= 0.6 is 0 Å². The molecule has 6 heteroatoms. The number of alkyl halides is 2. The smallest absolute Gasteiger partial charge is 0.387 e. The molecule has 0 aliphatic rings. The Balaban J connectivity index is 3.12. The van der Waals surface area contributed by atoms with Gasteiger partial charge in [0.05, 0.1) is 12.5 Å². The highest BCUT2D eigenvalue weighted by atomic mass is 19.3. The van der Waals surface area contributed by atoms with Crippen LogP contribution in [0.5, 0.6) is 5.75 Å². The number of para-hydroxylation sites is 1. The Morgan fingerprint density at radius 2 is 1.89 bits per heavy atom. The van der Waals surface area contributed by atoms with Crippen molar-refractivity contribution >= 4 is 5.97 Å². The summed E-state index contributed by atoms with van der Waals surface area (Å²) in [4.78, 5) is 11.7. The molecule has 0 aliphatic heterocycles. The average Bonchev–Trinajstić information content (AvgIpc) is 2.36. The number of carbonyl (C=O) groups is 1. The van der Waals surface area contributed by atoms with Gasteiger partial charge in [-0.15, -0.1) is 0 Å². The summed E-state index contributed by atoms with van der Waals surface area (Å²) in [6.45, 7) is 0.222. The van der Waals surface area contributed by atoms with Gasteiger partial charge in [-0.05, 0) is 19.9 Å². The van der Waals surface area contributed by atoms with Gasteiger partial charge in [0.2, 0.25) is 0 Å². The van der Waals surface area contributed by atoms with E-state index in [-0.39, 0.29) is 5.75 Å². The van der Waals surface area contributed by atoms with Crippen LogP contribution in [0, 0.1) is 5.41 Å². The minimum atomic E-state index is -2.95. The zero-order valence-corrected chi connectivity index (χ0v) is 11.0. The average molecular weight is 273 g/mol. The van der Waals surface area contributed by atoms with Crippen molar-refractivity contribution in [3.05, 3.63) is 29.8 Å². The lowest BCUT2D eigenvalue weighted by Crippen LogP contribution is -2.37. The molecule has 1 aromatic rings. The van der Waals surface area contributed by atoms with E-state index in [4.69, 9.17) is 5.73 Å². The monoisotopic (exact) mass is 273 g/mol. The van der Waals surface area contributed by atoms with Gasteiger partial charge in [-0.1, -0.05) is 18.2 Å². The zero-order valence-electron chi connectivity index (χ0n) is 11.0. The fourth-order valence-corrected chi connectivity index (χ4v) is 1.72. The minimum Gasteiger partial charge on any atom is -0.469 e. The molecular weight excluding hydrogens is 256 g/mol. The van der Waals surface area contributed by atoms with Crippen molar-refractivity contribution in [3.8, 4) is 5.75 Å². The molecule has 1 rings (SSSR count). The molecule has 1 aromatic carbocycles. The zero-order chi connectivity index (χ0) is 14.6. The van der Waals surface area contributed by atoms with Crippen LogP contribution in [0.3, 0.4) is 0 Å². The largest absolute Gasteiger partial charge is 0.469 e. The fraction of sp³-hybridized carbons (Fsp3) is 0.462. The van der Waals surface area contributed by atoms with E-state index in [2.05, 4.69) is 9.47 Å². The predicted molar refractivity (Wildman–Crippen MR) is 65.8 cm³/mol. The topological polar surface area (TPSA) is 61.5 Å². The van der Waals surface area contributed by atoms with E-state index >= 15 is 0 Å². The molecule has 0 saturated heterocycles. The van der Waals surface area contributed by atoms with Crippen molar-refractivity contribution in [2.45, 2.75) is 26.5 Å². The highest BCUT2D eigenvalue weighted by molar-refractivity contribution is 5.77. The maximum absolute atomic E-state index is 12.3. The quantitative estimate of drug-likeness (QED) is 0.837. The highest BCUT2D eigenvalue weighted by Crippen LogP contribution is 2.37. The normalized spacial score (nSPS) is 13.2. The lowest BCUT2D eigenvalue weighted by Gasteiger charge is -2.29. The molecule has 0 aliphatic carbocycles. The molecule has 0 spiro atoms. The molecule has 0 bridgehead atoms. The van der Waals surface area contributed by atoms with Gasteiger partial charge in [0.25, 0.3) is 0 Å². The molecule has 0 unspecified atom stereocenters. The number of benzene rings is 1. The van der Waals surface area contributed by atoms with E-state index in [1.807, 2.05) is 0 Å². The number of hydrogen-bond donors (Lipinski definition) is 1. The molecule has 4 nitrogen and oxygen atoms in total. The first kappa shape index (κ1) is 15.4. The summed E-state index contributed by atoms with van der Waals surface area (Å²) >= 11 is 0. The van der Waals surface area contributed by atoms with E-state index in [0.29, 0.717) is 5.56 Å². The van der Waals surface area contributed by atoms with Crippen LogP contribution < -0.4 is 10.5 Å². The first-order valence-corrected chi connectivity index (χ1v) is 5.68. The summed E-state index contributed by atoms with van der Waals surface area (Å²) in [7, 11) is 1.25. The second-order valence-electron chi connectivity index (χ2n) is 4.61. The number of hydrogen-bond acceptors (Lipinski definition) is 4. The molecule has 0 saturated carbocycles. The number of carbonyl (C=O) groups excluding carboxylic acids is 1. The molecule has 19 heavy (non-hydrogen) atoms. The molecule has 0 fully saturated rings. The number of halogens is 2. The number of methoxy groups -OCH3 is 1. The van der Waals surface area contributed by atoms with Crippen LogP contribution in [-0.4, -0.2) is 19.7 Å². The Bertz CT molecular complexity index is 449. The van der Waals surface area contributed by atoms with Gasteiger partial charge in [-0.2, -0.15) is 8.78 Å². The molecule has 2 N–H and O–H groups in total. The van der Waals surface area contributed by atoms with E-state index in [9.17, 15) is 13.6 Å². The lowest BCUT2D eigenvalue weighted by atomic mass is 9.80. The molecular formula is C13H17F2NO3. The Hall–Kier alpha value is -1.69. The summed E-state index contributed by atoms with van der Waals surface area (Å²) < 4.78 is 33.7. The van der Waals surface area contributed by atoms with Crippen molar-refractivity contribution in [3.63, 3.8) is 0 Å². The Morgan fingerprint density at radius 1 is 1.32 bits per heavy atom. The maximum Gasteiger partial charge on any atom is 0.387 e. The van der Waals surface area contributed by atoms with Crippen LogP contribution in [0.2, 0.25) is 0 Å². The molecule has 0 amide bonds. The third kappa shape index (κ3) is 3.41. The van der Waals surface area contributed by atoms with Gasteiger partial charge in [0, 0.05) is 11.6 Å². The Morgan fingerprint density at radius 3 is 2.42 bits per heavy atom.